The summed E-state index contributed by atoms with van der Waals surface area (Å²) < 4.78 is 6.83. The Hall–Kier alpha value is -1.76. The molecule has 1 fully saturated rings. The highest BCUT2D eigenvalue weighted by Crippen LogP contribution is 2.29. The quantitative estimate of drug-likeness (QED) is 0.715. The molecule has 1 saturated heterocycles. The van der Waals surface area contributed by atoms with Gasteiger partial charge in [-0.15, -0.1) is 22.7 Å². The second kappa shape index (κ2) is 6.63. The van der Waals surface area contributed by atoms with E-state index in [1.165, 1.54) is 10.1 Å². The van der Waals surface area contributed by atoms with Crippen LogP contribution in [0, 0.1) is 6.92 Å². The third kappa shape index (κ3) is 2.97. The van der Waals surface area contributed by atoms with Crippen LogP contribution < -0.4 is 0 Å². The molecule has 6 heteroatoms. The predicted molar refractivity (Wildman–Crippen MR) is 97.7 cm³/mol. The second-order valence-corrected chi connectivity index (χ2v) is 7.88. The minimum absolute atomic E-state index is 0.0684. The van der Waals surface area contributed by atoms with E-state index >= 15 is 0 Å². The molecule has 124 valence electrons. The Kier molecular flexibility index (Phi) is 4.35. The van der Waals surface area contributed by atoms with Gasteiger partial charge in [-0.3, -0.25) is 4.79 Å². The van der Waals surface area contributed by atoms with Crippen LogP contribution >= 0.6 is 22.7 Å². The van der Waals surface area contributed by atoms with Crippen LogP contribution in [-0.4, -0.2) is 35.5 Å². The highest BCUT2D eigenvalue weighted by atomic mass is 32.1. The first-order valence-electron chi connectivity index (χ1n) is 7.97. The van der Waals surface area contributed by atoms with E-state index in [0.29, 0.717) is 26.2 Å². The number of thiophene rings is 1. The normalized spacial score (nSPS) is 18.2. The molecule has 0 spiro atoms. The summed E-state index contributed by atoms with van der Waals surface area (Å²) in [7, 11) is 0. The Labute approximate surface area is 148 Å². The molecule has 1 aromatic carbocycles. The average Bonchev–Trinajstić information content (AvgIpc) is 3.22. The van der Waals surface area contributed by atoms with Gasteiger partial charge in [0.05, 0.1) is 36.4 Å². The van der Waals surface area contributed by atoms with Gasteiger partial charge in [-0.05, 0) is 29.3 Å². The summed E-state index contributed by atoms with van der Waals surface area (Å²) in [5.41, 5.74) is 2.06. The maximum Gasteiger partial charge on any atom is 0.227 e. The maximum atomic E-state index is 13.0. The number of amides is 1. The van der Waals surface area contributed by atoms with Crippen molar-refractivity contribution in [3.05, 3.63) is 51.3 Å². The van der Waals surface area contributed by atoms with Crippen molar-refractivity contribution < 1.29 is 9.53 Å². The summed E-state index contributed by atoms with van der Waals surface area (Å²) in [5, 5.41) is 6.34. The maximum absolute atomic E-state index is 13.0. The summed E-state index contributed by atoms with van der Waals surface area (Å²) in [5.74, 6) is 0.150. The molecule has 0 aliphatic carbocycles. The lowest BCUT2D eigenvalue weighted by atomic mass is 10.1. The molecular formula is C18H18N2O2S2. The van der Waals surface area contributed by atoms with Crippen LogP contribution in [0.25, 0.3) is 10.1 Å². The molecule has 1 atom stereocenters. The van der Waals surface area contributed by atoms with Crippen LogP contribution in [-0.2, 0) is 16.0 Å². The highest BCUT2D eigenvalue weighted by molar-refractivity contribution is 7.17. The van der Waals surface area contributed by atoms with Crippen LogP contribution in [0.2, 0.25) is 0 Å². The molecular weight excluding hydrogens is 340 g/mol. The molecule has 0 saturated carbocycles. The van der Waals surface area contributed by atoms with Gasteiger partial charge < -0.3 is 9.64 Å². The summed E-state index contributed by atoms with van der Waals surface area (Å²) in [6.45, 7) is 3.73. The van der Waals surface area contributed by atoms with Gasteiger partial charge in [0.2, 0.25) is 5.91 Å². The fourth-order valence-corrected chi connectivity index (χ4v) is 4.74. The topological polar surface area (TPSA) is 42.4 Å². The minimum Gasteiger partial charge on any atom is -0.377 e. The van der Waals surface area contributed by atoms with Crippen molar-refractivity contribution in [3.8, 4) is 0 Å². The summed E-state index contributed by atoms with van der Waals surface area (Å²) in [6, 6.07) is 8.19. The van der Waals surface area contributed by atoms with E-state index in [4.69, 9.17) is 4.74 Å². The van der Waals surface area contributed by atoms with Crippen molar-refractivity contribution in [1.82, 2.24) is 9.88 Å². The Balaban J connectivity index is 1.57. The average molecular weight is 358 g/mol. The van der Waals surface area contributed by atoms with Crippen molar-refractivity contribution >= 4 is 38.7 Å². The number of ether oxygens (including phenoxy) is 1. The summed E-state index contributed by atoms with van der Waals surface area (Å²) in [4.78, 5) is 19.4. The molecule has 4 nitrogen and oxygen atoms in total. The van der Waals surface area contributed by atoms with E-state index in [-0.39, 0.29) is 11.9 Å². The number of aromatic nitrogens is 1. The number of hydrogen-bond acceptors (Lipinski definition) is 5. The molecule has 3 aromatic rings. The first-order valence-corrected chi connectivity index (χ1v) is 9.72. The Morgan fingerprint density at radius 1 is 1.33 bits per heavy atom. The van der Waals surface area contributed by atoms with Crippen molar-refractivity contribution in [1.29, 1.82) is 0 Å². The lowest BCUT2D eigenvalue weighted by Crippen LogP contribution is -2.44. The smallest absolute Gasteiger partial charge is 0.227 e. The fourth-order valence-electron chi connectivity index (χ4n) is 3.11. The number of hydrogen-bond donors (Lipinski definition) is 0. The van der Waals surface area contributed by atoms with Crippen molar-refractivity contribution in [2.24, 2.45) is 0 Å². The first kappa shape index (κ1) is 15.7. The van der Waals surface area contributed by atoms with Crippen molar-refractivity contribution in [3.63, 3.8) is 0 Å². The van der Waals surface area contributed by atoms with Crippen LogP contribution in [0.4, 0.5) is 0 Å². The summed E-state index contributed by atoms with van der Waals surface area (Å²) >= 11 is 3.31. The number of carbonyl (C=O) groups excluding carboxylic acids is 1. The van der Waals surface area contributed by atoms with E-state index < -0.39 is 0 Å². The molecule has 1 amide bonds. The number of rotatable bonds is 3. The van der Waals surface area contributed by atoms with Gasteiger partial charge in [0.1, 0.15) is 0 Å². The van der Waals surface area contributed by atoms with Crippen LogP contribution in [0.3, 0.4) is 0 Å². The third-order valence-corrected chi connectivity index (χ3v) is 6.13. The zero-order valence-electron chi connectivity index (χ0n) is 13.4. The fraction of sp³-hybridized carbons (Fsp3) is 0.333. The lowest BCUT2D eigenvalue weighted by Gasteiger charge is -2.34. The van der Waals surface area contributed by atoms with Gasteiger partial charge in [0, 0.05) is 16.6 Å². The van der Waals surface area contributed by atoms with Gasteiger partial charge in [-0.2, -0.15) is 0 Å². The standard InChI is InChI=1S/C18H18N2O2S2/c1-12-19-15(11-23-12)16-9-22-7-6-20(16)18(21)8-13-10-24-17-5-3-2-4-14(13)17/h2-5,10-11,16H,6-9H2,1H3. The third-order valence-electron chi connectivity index (χ3n) is 4.33. The predicted octanol–water partition coefficient (Wildman–Crippen LogP) is 3.81. The zero-order chi connectivity index (χ0) is 16.5. The molecule has 24 heavy (non-hydrogen) atoms. The number of aryl methyl sites for hydroxylation is 1. The van der Waals surface area contributed by atoms with Crippen molar-refractivity contribution in [2.45, 2.75) is 19.4 Å². The molecule has 0 N–H and O–H groups in total. The molecule has 0 bridgehead atoms. The highest BCUT2D eigenvalue weighted by Gasteiger charge is 2.30. The van der Waals surface area contributed by atoms with Crippen LogP contribution in [0.1, 0.15) is 22.3 Å². The monoisotopic (exact) mass is 358 g/mol. The largest absolute Gasteiger partial charge is 0.377 e. The SMILES string of the molecule is Cc1nc(C2COCCN2C(=O)Cc2csc3ccccc23)cs1. The number of thiazole rings is 1. The van der Waals surface area contributed by atoms with Crippen LogP contribution in [0.15, 0.2) is 35.0 Å². The molecule has 1 aliphatic heterocycles. The summed E-state index contributed by atoms with van der Waals surface area (Å²) in [6.07, 6.45) is 0.434. The number of carbonyl (C=O) groups is 1. The van der Waals surface area contributed by atoms with Crippen LogP contribution in [0.5, 0.6) is 0 Å². The first-order chi connectivity index (χ1) is 11.7. The van der Waals surface area contributed by atoms with Gasteiger partial charge >= 0.3 is 0 Å². The van der Waals surface area contributed by atoms with E-state index in [1.807, 2.05) is 29.3 Å². The Morgan fingerprint density at radius 2 is 2.21 bits per heavy atom. The van der Waals surface area contributed by atoms with Gasteiger partial charge in [-0.1, -0.05) is 18.2 Å². The Bertz CT molecular complexity index is 871. The number of nitrogens with zero attached hydrogens (tertiary/aromatic N) is 2. The lowest BCUT2D eigenvalue weighted by molar-refractivity contribution is -0.139. The Morgan fingerprint density at radius 3 is 3.04 bits per heavy atom. The van der Waals surface area contributed by atoms with E-state index in [9.17, 15) is 4.79 Å². The number of morpholine rings is 1. The zero-order valence-corrected chi connectivity index (χ0v) is 15.0. The van der Waals surface area contributed by atoms with E-state index in [0.717, 1.165) is 16.3 Å². The molecule has 0 radical (unpaired) electrons. The van der Waals surface area contributed by atoms with Gasteiger partial charge in [0.15, 0.2) is 0 Å². The van der Waals surface area contributed by atoms with Crippen molar-refractivity contribution in [2.75, 3.05) is 19.8 Å². The molecule has 2 aromatic heterocycles. The molecule has 3 heterocycles. The second-order valence-electron chi connectivity index (χ2n) is 5.90. The van der Waals surface area contributed by atoms with E-state index in [2.05, 4.69) is 22.5 Å². The van der Waals surface area contributed by atoms with E-state index in [1.54, 1.807) is 22.7 Å². The number of benzene rings is 1. The minimum atomic E-state index is -0.0684. The van der Waals surface area contributed by atoms with Gasteiger partial charge in [-0.25, -0.2) is 4.98 Å². The molecule has 4 rings (SSSR count). The molecule has 1 aliphatic rings. The van der Waals surface area contributed by atoms with Gasteiger partial charge in [0.25, 0.3) is 0 Å². The number of fused-ring (bicyclic) bond motifs is 1. The molecule has 1 unspecified atom stereocenters.